The van der Waals surface area contributed by atoms with Crippen LogP contribution in [0.15, 0.2) is 34.9 Å². The average Bonchev–Trinajstić information content (AvgIpc) is 2.72. The van der Waals surface area contributed by atoms with E-state index in [1.807, 2.05) is 18.2 Å². The Morgan fingerprint density at radius 2 is 2.22 bits per heavy atom. The monoisotopic (exact) mass is 328 g/mol. The summed E-state index contributed by atoms with van der Waals surface area (Å²) < 4.78 is 6.84. The molecule has 1 aromatic heterocycles. The van der Waals surface area contributed by atoms with Crippen LogP contribution in [0.3, 0.4) is 0 Å². The number of rotatable bonds is 3. The highest BCUT2D eigenvalue weighted by atomic mass is 79.9. The molecule has 6 heteroatoms. The fraction of sp³-hybridized carbons (Fsp3) is 0.167. The van der Waals surface area contributed by atoms with Crippen molar-refractivity contribution in [2.24, 2.45) is 0 Å². The summed E-state index contributed by atoms with van der Waals surface area (Å²) >= 11 is 9.32. The van der Waals surface area contributed by atoms with Crippen LogP contribution in [0.5, 0.6) is 0 Å². The van der Waals surface area contributed by atoms with Gasteiger partial charge in [-0.1, -0.05) is 29.8 Å². The number of aromatic nitrogens is 2. The zero-order valence-electron chi connectivity index (χ0n) is 9.56. The normalized spacial score (nSPS) is 10.4. The van der Waals surface area contributed by atoms with Crippen LogP contribution in [0.25, 0.3) is 0 Å². The Labute approximate surface area is 118 Å². The Kier molecular flexibility index (Phi) is 4.04. The molecule has 0 saturated carbocycles. The van der Waals surface area contributed by atoms with Crippen LogP contribution in [0.2, 0.25) is 5.02 Å². The van der Waals surface area contributed by atoms with Gasteiger partial charge >= 0.3 is 5.97 Å². The summed E-state index contributed by atoms with van der Waals surface area (Å²) in [5.41, 5.74) is 1.27. The quantitative estimate of drug-likeness (QED) is 0.813. The molecule has 1 aromatic carbocycles. The lowest BCUT2D eigenvalue weighted by molar-refractivity contribution is 0.0587. The number of esters is 1. The minimum atomic E-state index is -0.430. The molecule has 94 valence electrons. The van der Waals surface area contributed by atoms with Crippen molar-refractivity contribution in [1.82, 2.24) is 9.78 Å². The van der Waals surface area contributed by atoms with Gasteiger partial charge < -0.3 is 4.74 Å². The predicted molar refractivity (Wildman–Crippen MR) is 71.8 cm³/mol. The van der Waals surface area contributed by atoms with E-state index in [4.69, 9.17) is 16.3 Å². The second-order valence-electron chi connectivity index (χ2n) is 3.59. The third-order valence-electron chi connectivity index (χ3n) is 2.42. The summed E-state index contributed by atoms with van der Waals surface area (Å²) in [5, 5.41) is 4.83. The van der Waals surface area contributed by atoms with E-state index < -0.39 is 5.97 Å². The predicted octanol–water partition coefficient (Wildman–Crippen LogP) is 3.13. The molecule has 0 aliphatic heterocycles. The summed E-state index contributed by atoms with van der Waals surface area (Å²) in [5.74, 6) is -0.430. The van der Waals surface area contributed by atoms with Crippen molar-refractivity contribution in [3.8, 4) is 0 Å². The summed E-state index contributed by atoms with van der Waals surface area (Å²) in [6.45, 7) is 0.412. The first-order valence-electron chi connectivity index (χ1n) is 5.17. The molecule has 0 spiro atoms. The van der Waals surface area contributed by atoms with E-state index in [1.54, 1.807) is 16.8 Å². The standard InChI is InChI=1S/C12H10BrClN2O2/c1-18-12(17)10-6-11(13)15-16(10)7-8-4-2-3-5-9(8)14/h2-6H,7H2,1H3. The molecule has 2 aromatic rings. The van der Waals surface area contributed by atoms with Gasteiger partial charge in [-0.25, -0.2) is 4.79 Å². The SMILES string of the molecule is COC(=O)c1cc(Br)nn1Cc1ccccc1Cl. The molecule has 0 aliphatic carbocycles. The molecule has 4 nitrogen and oxygen atoms in total. The molecule has 0 unspecified atom stereocenters. The highest BCUT2D eigenvalue weighted by Crippen LogP contribution is 2.19. The summed E-state index contributed by atoms with van der Waals surface area (Å²) in [4.78, 5) is 11.6. The number of benzene rings is 1. The minimum Gasteiger partial charge on any atom is -0.464 e. The number of hydrogen-bond donors (Lipinski definition) is 0. The lowest BCUT2D eigenvalue weighted by Crippen LogP contribution is -2.12. The van der Waals surface area contributed by atoms with Crippen molar-refractivity contribution in [2.75, 3.05) is 7.11 Å². The zero-order valence-corrected chi connectivity index (χ0v) is 11.9. The molecule has 18 heavy (non-hydrogen) atoms. The smallest absolute Gasteiger partial charge is 0.356 e. The molecule has 2 rings (SSSR count). The third-order valence-corrected chi connectivity index (χ3v) is 3.18. The van der Waals surface area contributed by atoms with E-state index in [0.717, 1.165) is 5.56 Å². The second-order valence-corrected chi connectivity index (χ2v) is 4.81. The zero-order chi connectivity index (χ0) is 13.1. The maximum atomic E-state index is 11.6. The van der Waals surface area contributed by atoms with E-state index in [-0.39, 0.29) is 0 Å². The van der Waals surface area contributed by atoms with Gasteiger partial charge in [0.05, 0.1) is 13.7 Å². The van der Waals surface area contributed by atoms with Crippen LogP contribution in [0.1, 0.15) is 16.1 Å². The number of hydrogen-bond acceptors (Lipinski definition) is 3. The van der Waals surface area contributed by atoms with E-state index in [1.165, 1.54) is 7.11 Å². The Morgan fingerprint density at radius 3 is 2.89 bits per heavy atom. The highest BCUT2D eigenvalue weighted by molar-refractivity contribution is 9.10. The van der Waals surface area contributed by atoms with Gasteiger partial charge in [0, 0.05) is 11.1 Å². The number of carbonyl (C=O) groups excluding carboxylic acids is 1. The fourth-order valence-electron chi connectivity index (χ4n) is 1.56. The third kappa shape index (κ3) is 2.73. The first-order valence-corrected chi connectivity index (χ1v) is 6.34. The van der Waals surface area contributed by atoms with Crippen molar-refractivity contribution in [3.63, 3.8) is 0 Å². The Bertz CT molecular complexity index is 583. The molecule has 0 atom stereocenters. The first kappa shape index (κ1) is 13.1. The largest absolute Gasteiger partial charge is 0.464 e. The number of halogens is 2. The maximum Gasteiger partial charge on any atom is 0.356 e. The Balaban J connectivity index is 2.35. The molecular weight excluding hydrogens is 320 g/mol. The molecule has 0 amide bonds. The van der Waals surface area contributed by atoms with Crippen LogP contribution < -0.4 is 0 Å². The van der Waals surface area contributed by atoms with Crippen LogP contribution in [-0.2, 0) is 11.3 Å². The molecule has 1 heterocycles. The lowest BCUT2D eigenvalue weighted by atomic mass is 10.2. The van der Waals surface area contributed by atoms with E-state index in [9.17, 15) is 4.79 Å². The van der Waals surface area contributed by atoms with Crippen molar-refractivity contribution in [2.45, 2.75) is 6.54 Å². The fourth-order valence-corrected chi connectivity index (χ4v) is 2.17. The van der Waals surface area contributed by atoms with Gasteiger partial charge in [-0.15, -0.1) is 0 Å². The van der Waals surface area contributed by atoms with Crippen molar-refractivity contribution in [3.05, 3.63) is 51.2 Å². The Morgan fingerprint density at radius 1 is 1.50 bits per heavy atom. The second kappa shape index (κ2) is 5.54. The van der Waals surface area contributed by atoms with Crippen LogP contribution in [-0.4, -0.2) is 22.9 Å². The van der Waals surface area contributed by atoms with Crippen molar-refractivity contribution < 1.29 is 9.53 Å². The van der Waals surface area contributed by atoms with Crippen molar-refractivity contribution in [1.29, 1.82) is 0 Å². The summed E-state index contributed by atoms with van der Waals surface area (Å²) in [7, 11) is 1.34. The van der Waals surface area contributed by atoms with Gasteiger partial charge in [0.25, 0.3) is 0 Å². The van der Waals surface area contributed by atoms with Gasteiger partial charge in [0.15, 0.2) is 0 Å². The molecule has 0 aliphatic rings. The Hall–Kier alpha value is -1.33. The minimum absolute atomic E-state index is 0.379. The van der Waals surface area contributed by atoms with E-state index >= 15 is 0 Å². The van der Waals surface area contributed by atoms with E-state index in [0.29, 0.717) is 21.9 Å². The average molecular weight is 330 g/mol. The van der Waals surface area contributed by atoms with Gasteiger partial charge in [0.2, 0.25) is 0 Å². The first-order chi connectivity index (χ1) is 8.61. The number of carbonyl (C=O) groups is 1. The molecular formula is C12H10BrClN2O2. The van der Waals surface area contributed by atoms with Crippen LogP contribution in [0.4, 0.5) is 0 Å². The molecule has 0 saturated heterocycles. The summed E-state index contributed by atoms with van der Waals surface area (Å²) in [6.07, 6.45) is 0. The van der Waals surface area contributed by atoms with Gasteiger partial charge in [-0.05, 0) is 27.6 Å². The van der Waals surface area contributed by atoms with Crippen molar-refractivity contribution >= 4 is 33.5 Å². The molecule has 0 bridgehead atoms. The van der Waals surface area contributed by atoms with Crippen LogP contribution in [0, 0.1) is 0 Å². The van der Waals surface area contributed by atoms with Gasteiger partial charge in [0.1, 0.15) is 10.3 Å². The summed E-state index contributed by atoms with van der Waals surface area (Å²) in [6, 6.07) is 9.04. The molecule has 0 radical (unpaired) electrons. The highest BCUT2D eigenvalue weighted by Gasteiger charge is 2.15. The number of nitrogens with zero attached hydrogens (tertiary/aromatic N) is 2. The topological polar surface area (TPSA) is 44.1 Å². The molecule has 0 N–H and O–H groups in total. The lowest BCUT2D eigenvalue weighted by Gasteiger charge is -2.07. The van der Waals surface area contributed by atoms with Crippen LogP contribution >= 0.6 is 27.5 Å². The van der Waals surface area contributed by atoms with Gasteiger partial charge in [-0.3, -0.25) is 4.68 Å². The number of ether oxygens (including phenoxy) is 1. The number of methoxy groups -OCH3 is 1. The van der Waals surface area contributed by atoms with E-state index in [2.05, 4.69) is 21.0 Å². The van der Waals surface area contributed by atoms with Gasteiger partial charge in [-0.2, -0.15) is 5.10 Å². The maximum absolute atomic E-state index is 11.6. The molecule has 0 fully saturated rings.